The van der Waals surface area contributed by atoms with Gasteiger partial charge >= 0.3 is 0 Å². The van der Waals surface area contributed by atoms with Crippen LogP contribution in [0.15, 0.2) is 41.6 Å². The fourth-order valence-corrected chi connectivity index (χ4v) is 2.71. The molecule has 2 aromatic rings. The van der Waals surface area contributed by atoms with Gasteiger partial charge in [-0.2, -0.15) is 5.10 Å². The smallest absolute Gasteiger partial charge is 0.238 e. The molecule has 0 aliphatic heterocycles. The Morgan fingerprint density at radius 1 is 1.23 bits per heavy atom. The first-order chi connectivity index (χ1) is 10.3. The first kappa shape index (κ1) is 16.5. The Bertz CT molecular complexity index is 720. The third-order valence-electron chi connectivity index (χ3n) is 3.28. The highest BCUT2D eigenvalue weighted by atomic mass is 32.2. The lowest BCUT2D eigenvalue weighted by Crippen LogP contribution is -2.12. The first-order valence-electron chi connectivity index (χ1n) is 7.17. The number of sulfonamides is 1. The Kier molecular flexibility index (Phi) is 4.87. The summed E-state index contributed by atoms with van der Waals surface area (Å²) in [7, 11) is -3.65. The summed E-state index contributed by atoms with van der Waals surface area (Å²) >= 11 is 0. The standard InChI is InChI=1S/C15H22N4O2S/c1-11(2)9-19-10-14(8-17-19)18-12(3)13-4-6-15(7-5-13)22(16,20)21/h4-8,10-12,18H,9H2,1-3H3,(H2,16,20,21). The number of primary sulfonamides is 1. The van der Waals surface area contributed by atoms with Crippen LogP contribution in [0.2, 0.25) is 0 Å². The monoisotopic (exact) mass is 322 g/mol. The van der Waals surface area contributed by atoms with Gasteiger partial charge in [0.2, 0.25) is 10.0 Å². The summed E-state index contributed by atoms with van der Waals surface area (Å²) in [5.41, 5.74) is 1.91. The van der Waals surface area contributed by atoms with Gasteiger partial charge in [-0.1, -0.05) is 26.0 Å². The third kappa shape index (κ3) is 4.32. The van der Waals surface area contributed by atoms with Crippen molar-refractivity contribution in [3.63, 3.8) is 0 Å². The number of nitrogens with two attached hydrogens (primary N) is 1. The predicted molar refractivity (Wildman–Crippen MR) is 86.9 cm³/mol. The second-order valence-electron chi connectivity index (χ2n) is 5.82. The van der Waals surface area contributed by atoms with Crippen LogP contribution in [0.3, 0.4) is 0 Å². The van der Waals surface area contributed by atoms with E-state index in [0.29, 0.717) is 5.92 Å². The third-order valence-corrected chi connectivity index (χ3v) is 4.21. The van der Waals surface area contributed by atoms with Crippen molar-refractivity contribution in [3.8, 4) is 0 Å². The van der Waals surface area contributed by atoms with Crippen molar-refractivity contribution in [2.75, 3.05) is 5.32 Å². The molecule has 1 atom stereocenters. The number of hydrogen-bond donors (Lipinski definition) is 2. The highest BCUT2D eigenvalue weighted by Gasteiger charge is 2.10. The molecule has 1 heterocycles. The normalized spacial score (nSPS) is 13.3. The predicted octanol–water partition coefficient (Wildman–Crippen LogP) is 2.36. The van der Waals surface area contributed by atoms with E-state index in [0.717, 1.165) is 17.8 Å². The fraction of sp³-hybridized carbons (Fsp3) is 0.400. The van der Waals surface area contributed by atoms with Crippen LogP contribution in [0.5, 0.6) is 0 Å². The SMILES string of the molecule is CC(C)Cn1cc(NC(C)c2ccc(S(N)(=O)=O)cc2)cn1. The molecule has 0 saturated carbocycles. The van der Waals surface area contributed by atoms with Crippen LogP contribution in [-0.2, 0) is 16.6 Å². The van der Waals surface area contributed by atoms with Gasteiger partial charge in [-0.25, -0.2) is 13.6 Å². The molecule has 3 N–H and O–H groups in total. The van der Waals surface area contributed by atoms with E-state index in [1.54, 1.807) is 18.3 Å². The zero-order chi connectivity index (χ0) is 16.3. The molecular weight excluding hydrogens is 300 g/mol. The van der Waals surface area contributed by atoms with Gasteiger partial charge in [-0.05, 0) is 30.5 Å². The molecule has 22 heavy (non-hydrogen) atoms. The molecule has 0 aliphatic rings. The molecule has 0 bridgehead atoms. The van der Waals surface area contributed by atoms with Crippen LogP contribution < -0.4 is 10.5 Å². The van der Waals surface area contributed by atoms with E-state index >= 15 is 0 Å². The average Bonchev–Trinajstić information content (AvgIpc) is 2.84. The lowest BCUT2D eigenvalue weighted by atomic mass is 10.1. The zero-order valence-electron chi connectivity index (χ0n) is 13.0. The summed E-state index contributed by atoms with van der Waals surface area (Å²) in [6.45, 7) is 7.17. The quantitative estimate of drug-likeness (QED) is 0.854. The van der Waals surface area contributed by atoms with Gasteiger partial charge in [0.15, 0.2) is 0 Å². The van der Waals surface area contributed by atoms with Crippen molar-refractivity contribution < 1.29 is 8.42 Å². The molecule has 0 aliphatic carbocycles. The van der Waals surface area contributed by atoms with Crippen LogP contribution >= 0.6 is 0 Å². The number of anilines is 1. The van der Waals surface area contributed by atoms with Gasteiger partial charge in [0.1, 0.15) is 0 Å². The molecular formula is C15H22N4O2S. The molecule has 0 fully saturated rings. The summed E-state index contributed by atoms with van der Waals surface area (Å²) in [5.74, 6) is 0.538. The number of aromatic nitrogens is 2. The van der Waals surface area contributed by atoms with Crippen molar-refractivity contribution in [1.82, 2.24) is 9.78 Å². The molecule has 0 radical (unpaired) electrons. The molecule has 120 valence electrons. The number of hydrogen-bond acceptors (Lipinski definition) is 4. The van der Waals surface area contributed by atoms with Crippen molar-refractivity contribution in [1.29, 1.82) is 0 Å². The Morgan fingerprint density at radius 3 is 2.41 bits per heavy atom. The molecule has 2 rings (SSSR count). The molecule has 0 saturated heterocycles. The molecule has 1 aromatic heterocycles. The minimum absolute atomic E-state index is 0.0335. The van der Waals surface area contributed by atoms with E-state index in [1.807, 2.05) is 17.8 Å². The van der Waals surface area contributed by atoms with Gasteiger partial charge < -0.3 is 5.32 Å². The van der Waals surface area contributed by atoms with Crippen LogP contribution in [-0.4, -0.2) is 18.2 Å². The average molecular weight is 322 g/mol. The topological polar surface area (TPSA) is 90.0 Å². The van der Waals surface area contributed by atoms with E-state index < -0.39 is 10.0 Å². The summed E-state index contributed by atoms with van der Waals surface area (Å²) in [6.07, 6.45) is 3.76. The number of rotatable bonds is 6. The van der Waals surface area contributed by atoms with Crippen LogP contribution in [0, 0.1) is 5.92 Å². The molecule has 0 amide bonds. The Hall–Kier alpha value is -1.86. The van der Waals surface area contributed by atoms with E-state index in [1.165, 1.54) is 12.1 Å². The Morgan fingerprint density at radius 2 is 1.86 bits per heavy atom. The largest absolute Gasteiger partial charge is 0.376 e. The lowest BCUT2D eigenvalue weighted by molar-refractivity contribution is 0.483. The maximum absolute atomic E-state index is 11.2. The van der Waals surface area contributed by atoms with Gasteiger partial charge in [0, 0.05) is 18.8 Å². The lowest BCUT2D eigenvalue weighted by Gasteiger charge is -2.14. The van der Waals surface area contributed by atoms with Gasteiger partial charge in [0.25, 0.3) is 0 Å². The summed E-state index contributed by atoms with van der Waals surface area (Å²) in [5, 5.41) is 12.7. The van der Waals surface area contributed by atoms with E-state index in [4.69, 9.17) is 5.14 Å². The Balaban J connectivity index is 2.05. The highest BCUT2D eigenvalue weighted by molar-refractivity contribution is 7.89. The Labute approximate surface area is 131 Å². The minimum atomic E-state index is -3.65. The molecule has 6 nitrogen and oxygen atoms in total. The second-order valence-corrected chi connectivity index (χ2v) is 7.39. The molecule has 7 heteroatoms. The number of benzene rings is 1. The van der Waals surface area contributed by atoms with Gasteiger partial charge in [-0.15, -0.1) is 0 Å². The molecule has 1 unspecified atom stereocenters. The van der Waals surface area contributed by atoms with Gasteiger partial charge in [-0.3, -0.25) is 4.68 Å². The molecule has 1 aromatic carbocycles. The van der Waals surface area contributed by atoms with Crippen LogP contribution in [0.1, 0.15) is 32.4 Å². The second kappa shape index (κ2) is 6.50. The fourth-order valence-electron chi connectivity index (χ4n) is 2.19. The summed E-state index contributed by atoms with van der Waals surface area (Å²) in [4.78, 5) is 0.119. The van der Waals surface area contributed by atoms with Crippen molar-refractivity contribution in [2.45, 2.75) is 38.3 Å². The van der Waals surface area contributed by atoms with Gasteiger partial charge in [0.05, 0.1) is 16.8 Å². The summed E-state index contributed by atoms with van der Waals surface area (Å²) in [6, 6.07) is 6.59. The van der Waals surface area contributed by atoms with Crippen LogP contribution in [0.25, 0.3) is 0 Å². The summed E-state index contributed by atoms with van der Waals surface area (Å²) < 4.78 is 24.4. The van der Waals surface area contributed by atoms with Crippen molar-refractivity contribution >= 4 is 15.7 Å². The molecule has 0 spiro atoms. The van der Waals surface area contributed by atoms with E-state index in [2.05, 4.69) is 24.3 Å². The van der Waals surface area contributed by atoms with Crippen molar-refractivity contribution in [3.05, 3.63) is 42.2 Å². The minimum Gasteiger partial charge on any atom is -0.376 e. The maximum atomic E-state index is 11.2. The first-order valence-corrected chi connectivity index (χ1v) is 8.72. The maximum Gasteiger partial charge on any atom is 0.238 e. The highest BCUT2D eigenvalue weighted by Crippen LogP contribution is 2.20. The number of nitrogens with zero attached hydrogens (tertiary/aromatic N) is 2. The van der Waals surface area contributed by atoms with Crippen LogP contribution in [0.4, 0.5) is 5.69 Å². The van der Waals surface area contributed by atoms with E-state index in [-0.39, 0.29) is 10.9 Å². The number of nitrogens with one attached hydrogen (secondary N) is 1. The van der Waals surface area contributed by atoms with Crippen molar-refractivity contribution in [2.24, 2.45) is 11.1 Å². The van der Waals surface area contributed by atoms with E-state index in [9.17, 15) is 8.42 Å². The zero-order valence-corrected chi connectivity index (χ0v) is 13.8.